The van der Waals surface area contributed by atoms with E-state index in [9.17, 15) is 0 Å². The average Bonchev–Trinajstić information content (AvgIpc) is 2.01. The molecule has 1 rings (SSSR count). The van der Waals surface area contributed by atoms with Crippen LogP contribution in [0.25, 0.3) is 0 Å². The highest BCUT2D eigenvalue weighted by atomic mass is 14.4. The lowest BCUT2D eigenvalue weighted by atomic mass is 9.63. The summed E-state index contributed by atoms with van der Waals surface area (Å²) in [7, 11) is 0. The summed E-state index contributed by atoms with van der Waals surface area (Å²) in [5.74, 6) is 1.89. The molecule has 2 atom stereocenters. The van der Waals surface area contributed by atoms with Gasteiger partial charge in [0.25, 0.3) is 0 Å². The summed E-state index contributed by atoms with van der Waals surface area (Å²) < 4.78 is 0. The Labute approximate surface area is 90.5 Å². The predicted octanol–water partition coefficient (Wildman–Crippen LogP) is 4.89. The van der Waals surface area contributed by atoms with Crippen LogP contribution in [0, 0.1) is 22.7 Å². The van der Waals surface area contributed by atoms with E-state index in [0.29, 0.717) is 10.8 Å². The van der Waals surface area contributed by atoms with Gasteiger partial charge >= 0.3 is 0 Å². The Hall–Kier alpha value is 0. The van der Waals surface area contributed by atoms with E-state index in [1.807, 2.05) is 0 Å². The lowest BCUT2D eigenvalue weighted by Crippen LogP contribution is -2.32. The smallest absolute Gasteiger partial charge is 0.0354 e. The van der Waals surface area contributed by atoms with Crippen molar-refractivity contribution in [2.45, 2.75) is 67.2 Å². The molecular weight excluding hydrogens is 168 g/mol. The van der Waals surface area contributed by atoms with Crippen LogP contribution >= 0.6 is 0 Å². The lowest BCUT2D eigenvalue weighted by Gasteiger charge is -2.42. The van der Waals surface area contributed by atoms with Crippen molar-refractivity contribution in [3.8, 4) is 0 Å². The van der Waals surface area contributed by atoms with Crippen LogP contribution in [0.5, 0.6) is 0 Å². The Morgan fingerprint density at radius 1 is 0.714 bits per heavy atom. The van der Waals surface area contributed by atoms with Gasteiger partial charge in [-0.3, -0.25) is 0 Å². The first-order valence-electron chi connectivity index (χ1n) is 6.21. The summed E-state index contributed by atoms with van der Waals surface area (Å²) in [6, 6.07) is 0. The van der Waals surface area contributed by atoms with Gasteiger partial charge in [-0.1, -0.05) is 48.0 Å². The Morgan fingerprint density at radius 2 is 1.07 bits per heavy atom. The molecule has 1 aliphatic carbocycles. The van der Waals surface area contributed by atoms with E-state index in [4.69, 9.17) is 0 Å². The van der Waals surface area contributed by atoms with E-state index < -0.39 is 0 Å². The van der Waals surface area contributed by atoms with Crippen molar-refractivity contribution in [3.63, 3.8) is 0 Å². The van der Waals surface area contributed by atoms with Crippen molar-refractivity contribution in [2.75, 3.05) is 0 Å². The van der Waals surface area contributed by atoms with Crippen LogP contribution < -0.4 is 0 Å². The van der Waals surface area contributed by atoms with Gasteiger partial charge in [0.1, 0.15) is 0 Å². The van der Waals surface area contributed by atoms with Crippen molar-refractivity contribution in [1.29, 1.82) is 0 Å². The number of hydrogen-bond donors (Lipinski definition) is 0. The largest absolute Gasteiger partial charge is 0.0599 e. The second-order valence-corrected chi connectivity index (χ2v) is 7.29. The minimum atomic E-state index is 0.518. The zero-order valence-electron chi connectivity index (χ0n) is 11.0. The molecule has 0 nitrogen and oxygen atoms in total. The molecule has 84 valence electrons. The van der Waals surface area contributed by atoms with Crippen LogP contribution in [0.3, 0.4) is 0 Å². The minimum absolute atomic E-state index is 0.518. The van der Waals surface area contributed by atoms with E-state index in [0.717, 1.165) is 11.8 Å². The first-order valence-corrected chi connectivity index (χ1v) is 6.21. The Kier molecular flexibility index (Phi) is 3.33. The monoisotopic (exact) mass is 196 g/mol. The first kappa shape index (κ1) is 12.1. The van der Waals surface area contributed by atoms with Gasteiger partial charge in [0.05, 0.1) is 0 Å². The fourth-order valence-electron chi connectivity index (χ4n) is 2.76. The van der Waals surface area contributed by atoms with Gasteiger partial charge in [-0.2, -0.15) is 0 Å². The number of rotatable bonds is 0. The molecule has 0 aromatic rings. The van der Waals surface area contributed by atoms with Gasteiger partial charge in [-0.25, -0.2) is 0 Å². The van der Waals surface area contributed by atoms with E-state index in [2.05, 4.69) is 41.5 Å². The Morgan fingerprint density at radius 3 is 1.36 bits per heavy atom. The standard InChI is InChI=1S/C14H28/c1-13(2,3)11-8-7-9-12(10-11)14(4,5)6/h11-12H,7-10H2,1-6H3. The second kappa shape index (κ2) is 3.87. The molecule has 0 bridgehead atoms. The maximum Gasteiger partial charge on any atom is -0.0354 e. The highest BCUT2D eigenvalue weighted by Crippen LogP contribution is 2.45. The second-order valence-electron chi connectivity index (χ2n) is 7.29. The van der Waals surface area contributed by atoms with Gasteiger partial charge in [-0.15, -0.1) is 0 Å². The van der Waals surface area contributed by atoms with Crippen LogP contribution in [-0.2, 0) is 0 Å². The Balaban J connectivity index is 2.61. The highest BCUT2D eigenvalue weighted by molar-refractivity contribution is 4.85. The van der Waals surface area contributed by atoms with E-state index in [-0.39, 0.29) is 0 Å². The lowest BCUT2D eigenvalue weighted by molar-refractivity contribution is 0.0830. The number of hydrogen-bond acceptors (Lipinski definition) is 0. The first-order chi connectivity index (χ1) is 6.21. The van der Waals surface area contributed by atoms with Crippen LogP contribution in [-0.4, -0.2) is 0 Å². The molecule has 0 aliphatic heterocycles. The summed E-state index contributed by atoms with van der Waals surface area (Å²) in [5, 5.41) is 0. The highest BCUT2D eigenvalue weighted by Gasteiger charge is 2.35. The van der Waals surface area contributed by atoms with Crippen molar-refractivity contribution < 1.29 is 0 Å². The molecule has 0 heterocycles. The molecule has 0 radical (unpaired) electrons. The average molecular weight is 196 g/mol. The molecule has 0 heteroatoms. The third kappa shape index (κ3) is 3.00. The van der Waals surface area contributed by atoms with Gasteiger partial charge in [0, 0.05) is 0 Å². The van der Waals surface area contributed by atoms with Crippen molar-refractivity contribution >= 4 is 0 Å². The van der Waals surface area contributed by atoms with Crippen molar-refractivity contribution in [2.24, 2.45) is 22.7 Å². The molecule has 0 spiro atoms. The quantitative estimate of drug-likeness (QED) is 0.518. The summed E-state index contributed by atoms with van der Waals surface area (Å²) in [5.41, 5.74) is 1.04. The van der Waals surface area contributed by atoms with Crippen molar-refractivity contribution in [3.05, 3.63) is 0 Å². The van der Waals surface area contributed by atoms with Crippen molar-refractivity contribution in [1.82, 2.24) is 0 Å². The summed E-state index contributed by atoms with van der Waals surface area (Å²) in [4.78, 5) is 0. The van der Waals surface area contributed by atoms with Crippen LogP contribution in [0.15, 0.2) is 0 Å². The third-order valence-electron chi connectivity index (χ3n) is 4.12. The topological polar surface area (TPSA) is 0 Å². The van der Waals surface area contributed by atoms with E-state index in [1.165, 1.54) is 25.7 Å². The summed E-state index contributed by atoms with van der Waals surface area (Å²) in [6.07, 6.45) is 5.81. The molecule has 0 N–H and O–H groups in total. The maximum atomic E-state index is 2.41. The fourth-order valence-corrected chi connectivity index (χ4v) is 2.76. The molecule has 1 fully saturated rings. The zero-order chi connectivity index (χ0) is 11.0. The predicted molar refractivity (Wildman–Crippen MR) is 64.4 cm³/mol. The van der Waals surface area contributed by atoms with Crippen LogP contribution in [0.2, 0.25) is 0 Å². The third-order valence-corrected chi connectivity index (χ3v) is 4.12. The van der Waals surface area contributed by atoms with E-state index in [1.54, 1.807) is 0 Å². The molecular formula is C14H28. The molecule has 1 saturated carbocycles. The van der Waals surface area contributed by atoms with Crippen LogP contribution in [0.4, 0.5) is 0 Å². The molecule has 0 aromatic heterocycles. The fraction of sp³-hybridized carbons (Fsp3) is 1.00. The molecule has 14 heavy (non-hydrogen) atoms. The van der Waals surface area contributed by atoms with Gasteiger partial charge in [0.2, 0.25) is 0 Å². The van der Waals surface area contributed by atoms with Gasteiger partial charge < -0.3 is 0 Å². The zero-order valence-corrected chi connectivity index (χ0v) is 11.0. The Bertz CT molecular complexity index is 157. The SMILES string of the molecule is CC(C)(C)C1CCCC(C(C)(C)C)C1. The molecule has 2 unspecified atom stereocenters. The van der Waals surface area contributed by atoms with Gasteiger partial charge in [-0.05, 0) is 41.9 Å². The summed E-state index contributed by atoms with van der Waals surface area (Å²) in [6.45, 7) is 14.4. The maximum absolute atomic E-state index is 2.41. The van der Waals surface area contributed by atoms with E-state index >= 15 is 0 Å². The summed E-state index contributed by atoms with van der Waals surface area (Å²) >= 11 is 0. The molecule has 0 aromatic carbocycles. The van der Waals surface area contributed by atoms with Gasteiger partial charge in [0.15, 0.2) is 0 Å². The molecule has 0 amide bonds. The molecule has 1 aliphatic rings. The van der Waals surface area contributed by atoms with Crippen LogP contribution in [0.1, 0.15) is 67.2 Å². The molecule has 0 saturated heterocycles. The normalized spacial score (nSPS) is 30.4. The minimum Gasteiger partial charge on any atom is -0.0599 e.